The van der Waals surface area contributed by atoms with Crippen LogP contribution in [0.4, 0.5) is 8.78 Å². The summed E-state index contributed by atoms with van der Waals surface area (Å²) in [5.41, 5.74) is 0. The summed E-state index contributed by atoms with van der Waals surface area (Å²) in [7, 11) is 0. The van der Waals surface area contributed by atoms with Crippen molar-refractivity contribution in [2.24, 2.45) is 17.8 Å². The quantitative estimate of drug-likeness (QED) is 0.557. The van der Waals surface area contributed by atoms with Crippen molar-refractivity contribution in [2.45, 2.75) is 58.0 Å². The second-order valence-corrected chi connectivity index (χ2v) is 6.22. The minimum atomic E-state index is -3.28. The van der Waals surface area contributed by atoms with Crippen molar-refractivity contribution in [1.82, 2.24) is 0 Å². The summed E-state index contributed by atoms with van der Waals surface area (Å²) >= 11 is 0. The number of allylic oxidation sites excluding steroid dienone is 2. The molecule has 0 N–H and O–H groups in total. The van der Waals surface area contributed by atoms with Crippen LogP contribution in [-0.2, 0) is 14.3 Å². The van der Waals surface area contributed by atoms with Crippen LogP contribution in [0.5, 0.6) is 0 Å². The largest absolute Gasteiger partial charge is 0.462 e. The molecule has 1 saturated carbocycles. The van der Waals surface area contributed by atoms with E-state index in [1.165, 1.54) is 0 Å². The number of hydrogen-bond acceptors (Lipinski definition) is 3. The van der Waals surface area contributed by atoms with E-state index in [0.717, 1.165) is 12.5 Å². The van der Waals surface area contributed by atoms with Gasteiger partial charge in [-0.05, 0) is 30.8 Å². The first-order valence-electron chi connectivity index (χ1n) is 7.65. The van der Waals surface area contributed by atoms with Gasteiger partial charge in [0, 0.05) is 12.3 Å². The molecule has 4 atom stereocenters. The van der Waals surface area contributed by atoms with E-state index in [0.29, 0.717) is 19.3 Å². The van der Waals surface area contributed by atoms with Gasteiger partial charge in [0.1, 0.15) is 6.10 Å². The van der Waals surface area contributed by atoms with Crippen LogP contribution in [0, 0.1) is 17.8 Å². The summed E-state index contributed by atoms with van der Waals surface area (Å²) in [5.74, 6) is -4.41. The van der Waals surface area contributed by atoms with E-state index < -0.39 is 18.1 Å². The lowest BCUT2D eigenvalue weighted by Crippen LogP contribution is -2.27. The topological polar surface area (TPSA) is 43.4 Å². The van der Waals surface area contributed by atoms with Gasteiger partial charge in [0.2, 0.25) is 5.78 Å². The normalized spacial score (nSPS) is 32.5. The SMILES string of the molecule is CCCCC(F)(F)C(=O)C=C[C@@H]1[C@H]2CC(=O)O[C@H]2C[C@H]1C. The van der Waals surface area contributed by atoms with E-state index in [9.17, 15) is 18.4 Å². The summed E-state index contributed by atoms with van der Waals surface area (Å²) in [4.78, 5) is 22.9. The van der Waals surface area contributed by atoms with Crippen LogP contribution in [0.3, 0.4) is 0 Å². The molecule has 0 aromatic carbocycles. The average molecular weight is 300 g/mol. The summed E-state index contributed by atoms with van der Waals surface area (Å²) < 4.78 is 32.5. The zero-order chi connectivity index (χ0) is 15.6. The van der Waals surface area contributed by atoms with Crippen molar-refractivity contribution >= 4 is 11.8 Å². The molecule has 0 radical (unpaired) electrons. The fourth-order valence-electron chi connectivity index (χ4n) is 3.36. The lowest BCUT2D eigenvalue weighted by atomic mass is 9.88. The monoisotopic (exact) mass is 300 g/mol. The Balaban J connectivity index is 1.99. The standard InChI is InChI=1S/C16H22F2O3/c1-3-4-7-16(17,18)14(19)6-5-11-10(2)8-13-12(11)9-15(20)21-13/h5-6,10-13H,3-4,7-9H2,1-2H3/t10-,11+,12-,13+/m1/s1. The molecule has 0 amide bonds. The highest BCUT2D eigenvalue weighted by Gasteiger charge is 2.47. The van der Waals surface area contributed by atoms with Crippen LogP contribution in [0.1, 0.15) is 46.0 Å². The highest BCUT2D eigenvalue weighted by molar-refractivity contribution is 5.95. The molecule has 0 aromatic heterocycles. The third-order valence-corrected chi connectivity index (χ3v) is 4.59. The Kier molecular flexibility index (Phi) is 4.79. The zero-order valence-corrected chi connectivity index (χ0v) is 12.5. The van der Waals surface area contributed by atoms with Gasteiger partial charge < -0.3 is 4.74 Å². The number of hydrogen-bond donors (Lipinski definition) is 0. The number of ketones is 1. The van der Waals surface area contributed by atoms with Crippen LogP contribution in [0.15, 0.2) is 12.2 Å². The summed E-state index contributed by atoms with van der Waals surface area (Å²) in [5, 5.41) is 0. The molecule has 0 aromatic rings. The molecule has 1 aliphatic carbocycles. The lowest BCUT2D eigenvalue weighted by Gasteiger charge is -2.16. The molecular weight excluding hydrogens is 278 g/mol. The molecule has 2 aliphatic rings. The Hall–Kier alpha value is -1.26. The van der Waals surface area contributed by atoms with Gasteiger partial charge in [0.25, 0.3) is 0 Å². The Morgan fingerprint density at radius 3 is 2.86 bits per heavy atom. The summed E-state index contributed by atoms with van der Waals surface area (Å²) in [6, 6.07) is 0. The van der Waals surface area contributed by atoms with Gasteiger partial charge in [0.05, 0.1) is 6.42 Å². The van der Waals surface area contributed by atoms with Gasteiger partial charge in [-0.25, -0.2) is 0 Å². The first kappa shape index (κ1) is 16.1. The average Bonchev–Trinajstić information content (AvgIpc) is 2.89. The van der Waals surface area contributed by atoms with E-state index in [2.05, 4.69) is 0 Å². The number of fused-ring (bicyclic) bond motifs is 1. The molecule has 1 saturated heterocycles. The predicted molar refractivity (Wildman–Crippen MR) is 73.9 cm³/mol. The Morgan fingerprint density at radius 1 is 1.48 bits per heavy atom. The third kappa shape index (κ3) is 3.50. The van der Waals surface area contributed by atoms with Gasteiger partial charge in [-0.2, -0.15) is 8.78 Å². The fourth-order valence-corrected chi connectivity index (χ4v) is 3.36. The van der Waals surface area contributed by atoms with Crippen LogP contribution >= 0.6 is 0 Å². The zero-order valence-electron chi connectivity index (χ0n) is 12.5. The number of halogens is 2. The maximum atomic E-state index is 13.6. The summed E-state index contributed by atoms with van der Waals surface area (Å²) in [6.45, 7) is 3.81. The maximum Gasteiger partial charge on any atom is 0.309 e. The number of alkyl halides is 2. The highest BCUT2D eigenvalue weighted by Crippen LogP contribution is 2.45. The van der Waals surface area contributed by atoms with Crippen LogP contribution in [0.2, 0.25) is 0 Å². The first-order chi connectivity index (χ1) is 9.85. The number of carbonyl (C=O) groups excluding carboxylic acids is 2. The first-order valence-corrected chi connectivity index (χ1v) is 7.65. The van der Waals surface area contributed by atoms with Gasteiger partial charge >= 0.3 is 11.9 Å². The van der Waals surface area contributed by atoms with Crippen LogP contribution < -0.4 is 0 Å². The van der Waals surface area contributed by atoms with Gasteiger partial charge in [0.15, 0.2) is 0 Å². The number of carbonyl (C=O) groups is 2. The number of esters is 1. The number of ether oxygens (including phenoxy) is 1. The van der Waals surface area contributed by atoms with Gasteiger partial charge in [-0.3, -0.25) is 9.59 Å². The minimum absolute atomic E-state index is 0.0285. The van der Waals surface area contributed by atoms with E-state index in [-0.39, 0.29) is 29.8 Å². The molecule has 1 heterocycles. The second-order valence-electron chi connectivity index (χ2n) is 6.22. The molecular formula is C16H22F2O3. The highest BCUT2D eigenvalue weighted by atomic mass is 19.3. The van der Waals surface area contributed by atoms with Gasteiger partial charge in [-0.15, -0.1) is 0 Å². The van der Waals surface area contributed by atoms with Crippen LogP contribution in [-0.4, -0.2) is 23.8 Å². The molecule has 118 valence electrons. The smallest absolute Gasteiger partial charge is 0.309 e. The molecule has 0 spiro atoms. The maximum absolute atomic E-state index is 13.6. The second kappa shape index (κ2) is 6.24. The fraction of sp³-hybridized carbons (Fsp3) is 0.750. The molecule has 5 heteroatoms. The van der Waals surface area contributed by atoms with E-state index in [4.69, 9.17) is 4.74 Å². The lowest BCUT2D eigenvalue weighted by molar-refractivity contribution is -0.141. The minimum Gasteiger partial charge on any atom is -0.462 e. The molecule has 1 aliphatic heterocycles. The molecule has 0 bridgehead atoms. The van der Waals surface area contributed by atoms with Crippen molar-refractivity contribution < 1.29 is 23.1 Å². The Bertz CT molecular complexity index is 445. The molecule has 2 rings (SSSR count). The van der Waals surface area contributed by atoms with Crippen molar-refractivity contribution in [3.05, 3.63) is 12.2 Å². The Labute approximate surface area is 123 Å². The predicted octanol–water partition coefficient (Wildman–Crippen LogP) is 3.52. The van der Waals surface area contributed by atoms with E-state index >= 15 is 0 Å². The van der Waals surface area contributed by atoms with E-state index in [1.54, 1.807) is 6.08 Å². The van der Waals surface area contributed by atoms with Crippen molar-refractivity contribution in [2.75, 3.05) is 0 Å². The van der Waals surface area contributed by atoms with Gasteiger partial charge in [-0.1, -0.05) is 26.3 Å². The number of unbranched alkanes of at least 4 members (excludes halogenated alkanes) is 1. The van der Waals surface area contributed by atoms with Crippen molar-refractivity contribution in [3.63, 3.8) is 0 Å². The summed E-state index contributed by atoms with van der Waals surface area (Å²) in [6.07, 6.45) is 4.10. The number of rotatable bonds is 6. The third-order valence-electron chi connectivity index (χ3n) is 4.59. The Morgan fingerprint density at radius 2 is 2.19 bits per heavy atom. The molecule has 0 unspecified atom stereocenters. The molecule has 2 fully saturated rings. The molecule has 21 heavy (non-hydrogen) atoms. The van der Waals surface area contributed by atoms with E-state index in [1.807, 2.05) is 13.8 Å². The molecule has 3 nitrogen and oxygen atoms in total. The van der Waals surface area contributed by atoms with Crippen molar-refractivity contribution in [1.29, 1.82) is 0 Å². The van der Waals surface area contributed by atoms with Crippen molar-refractivity contribution in [3.8, 4) is 0 Å². The van der Waals surface area contributed by atoms with Crippen LogP contribution in [0.25, 0.3) is 0 Å².